The Morgan fingerprint density at radius 2 is 1.32 bits per heavy atom. The monoisotopic (exact) mass is 316 g/mol. The quantitative estimate of drug-likeness (QED) is 0.568. The molecule has 1 fully saturated rings. The molecular weight excluding hydrogens is 284 g/mol. The molecule has 4 atom stereocenters. The lowest BCUT2D eigenvalue weighted by Gasteiger charge is -2.50. The molecule has 22 heavy (non-hydrogen) atoms. The van der Waals surface area contributed by atoms with E-state index in [1.807, 2.05) is 0 Å². The molecule has 6 heteroatoms. The van der Waals surface area contributed by atoms with E-state index in [0.29, 0.717) is 8.97 Å². The van der Waals surface area contributed by atoms with Crippen molar-refractivity contribution in [3.63, 3.8) is 0 Å². The summed E-state index contributed by atoms with van der Waals surface area (Å²) >= 11 is 0. The van der Waals surface area contributed by atoms with Gasteiger partial charge in [0.05, 0.1) is 42.3 Å². The Hall–Kier alpha value is -1.14. The highest BCUT2D eigenvalue weighted by atomic mass is 16.6. The summed E-state index contributed by atoms with van der Waals surface area (Å²) in [7, 11) is 12.5. The number of rotatable bonds is 4. The van der Waals surface area contributed by atoms with Gasteiger partial charge in [0.1, 0.15) is 6.04 Å². The van der Waals surface area contributed by atoms with Crippen LogP contribution in [0.5, 0.6) is 0 Å². The van der Waals surface area contributed by atoms with Crippen LogP contribution in [0.2, 0.25) is 0 Å². The van der Waals surface area contributed by atoms with Gasteiger partial charge < -0.3 is 18.4 Å². The zero-order chi connectivity index (χ0) is 17.3. The van der Waals surface area contributed by atoms with Gasteiger partial charge in [0.15, 0.2) is 12.1 Å². The minimum atomic E-state index is -0.287. The van der Waals surface area contributed by atoms with Gasteiger partial charge in [0.25, 0.3) is 0 Å². The first-order valence-electron chi connectivity index (χ1n) is 7.80. The van der Waals surface area contributed by atoms with Gasteiger partial charge in [-0.05, 0) is 6.42 Å². The molecule has 1 rings (SSSR count). The van der Waals surface area contributed by atoms with Gasteiger partial charge in [-0.15, -0.1) is 0 Å². The summed E-state index contributed by atoms with van der Waals surface area (Å²) in [5.74, 6) is -0.570. The smallest absolute Gasteiger partial charge is 0.303 e. The summed E-state index contributed by atoms with van der Waals surface area (Å²) in [5.41, 5.74) is 0. The van der Waals surface area contributed by atoms with Gasteiger partial charge in [0, 0.05) is 20.3 Å². The molecule has 0 aromatic heterocycles. The molecule has 0 amide bonds. The summed E-state index contributed by atoms with van der Waals surface area (Å²) in [6.07, 6.45) is 1.13. The predicted octanol–water partition coefficient (Wildman–Crippen LogP) is 0.793. The standard InChI is InChI=1S/C16H32N2O4/c1-11(19)21-14-10-9-13(17(3,4)5)16(22-12(2)20)15(14)18(6,7)8/h13-16H,9-10H2,1-8H3/q+2. The Morgan fingerprint density at radius 3 is 1.68 bits per heavy atom. The molecule has 1 saturated carbocycles. The van der Waals surface area contributed by atoms with Crippen molar-refractivity contribution in [1.82, 2.24) is 0 Å². The molecule has 1 aliphatic rings. The lowest BCUT2D eigenvalue weighted by atomic mass is 9.82. The number of nitrogens with zero attached hydrogens (tertiary/aromatic N) is 2. The van der Waals surface area contributed by atoms with E-state index in [2.05, 4.69) is 42.3 Å². The van der Waals surface area contributed by atoms with E-state index in [1.165, 1.54) is 13.8 Å². The molecular formula is C16H32N2O4+2. The molecule has 0 N–H and O–H groups in total. The van der Waals surface area contributed by atoms with Crippen LogP contribution < -0.4 is 0 Å². The van der Waals surface area contributed by atoms with Crippen molar-refractivity contribution < 1.29 is 28.0 Å². The van der Waals surface area contributed by atoms with Crippen molar-refractivity contribution in [3.05, 3.63) is 0 Å². The number of hydrogen-bond acceptors (Lipinski definition) is 4. The molecule has 0 bridgehead atoms. The first-order valence-corrected chi connectivity index (χ1v) is 7.80. The van der Waals surface area contributed by atoms with E-state index in [-0.39, 0.29) is 36.2 Å². The minimum Gasteiger partial charge on any atom is -0.456 e. The minimum absolute atomic E-state index is 0.0797. The highest BCUT2D eigenvalue weighted by Gasteiger charge is 2.54. The van der Waals surface area contributed by atoms with Gasteiger partial charge in [0.2, 0.25) is 6.10 Å². The second kappa shape index (κ2) is 6.54. The second-order valence-corrected chi connectivity index (χ2v) is 8.09. The summed E-state index contributed by atoms with van der Waals surface area (Å²) in [4.78, 5) is 23.1. The molecule has 0 saturated heterocycles. The Labute approximate surface area is 134 Å². The highest BCUT2D eigenvalue weighted by molar-refractivity contribution is 5.67. The average Bonchev–Trinajstić information content (AvgIpc) is 2.23. The number of carbonyl (C=O) groups is 2. The largest absolute Gasteiger partial charge is 0.456 e. The van der Waals surface area contributed by atoms with Crippen LogP contribution in [-0.4, -0.2) is 87.5 Å². The van der Waals surface area contributed by atoms with Crippen LogP contribution in [-0.2, 0) is 19.1 Å². The molecule has 0 aliphatic heterocycles. The molecule has 0 aromatic rings. The molecule has 6 nitrogen and oxygen atoms in total. The van der Waals surface area contributed by atoms with Crippen LogP contribution in [0.25, 0.3) is 0 Å². The van der Waals surface area contributed by atoms with E-state index >= 15 is 0 Å². The van der Waals surface area contributed by atoms with E-state index in [1.54, 1.807) is 0 Å². The third-order valence-corrected chi connectivity index (χ3v) is 4.35. The molecule has 1 aliphatic carbocycles. The summed E-state index contributed by atoms with van der Waals surface area (Å²) in [6, 6.07) is 0.0990. The van der Waals surface area contributed by atoms with E-state index < -0.39 is 0 Å². The highest BCUT2D eigenvalue weighted by Crippen LogP contribution is 2.34. The molecule has 0 spiro atoms. The SMILES string of the molecule is CC(=O)OC1CCC([N+](C)(C)C)C(OC(C)=O)C1[N+](C)(C)C. The molecule has 0 aromatic carbocycles. The Morgan fingerprint density at radius 1 is 0.818 bits per heavy atom. The fourth-order valence-electron chi connectivity index (χ4n) is 3.56. The van der Waals surface area contributed by atoms with Crippen molar-refractivity contribution in [1.29, 1.82) is 0 Å². The lowest BCUT2D eigenvalue weighted by molar-refractivity contribution is -0.931. The molecule has 4 unspecified atom stereocenters. The molecule has 0 heterocycles. The Bertz CT molecular complexity index is 423. The van der Waals surface area contributed by atoms with Crippen molar-refractivity contribution in [2.75, 3.05) is 42.3 Å². The van der Waals surface area contributed by atoms with Crippen molar-refractivity contribution in [3.8, 4) is 0 Å². The van der Waals surface area contributed by atoms with E-state index in [4.69, 9.17) is 9.47 Å². The van der Waals surface area contributed by atoms with Crippen LogP contribution >= 0.6 is 0 Å². The van der Waals surface area contributed by atoms with E-state index in [9.17, 15) is 9.59 Å². The third kappa shape index (κ3) is 4.68. The topological polar surface area (TPSA) is 52.6 Å². The lowest BCUT2D eigenvalue weighted by Crippen LogP contribution is -2.69. The first kappa shape index (κ1) is 18.9. The second-order valence-electron chi connectivity index (χ2n) is 8.09. The molecule has 128 valence electrons. The predicted molar refractivity (Wildman–Crippen MR) is 84.0 cm³/mol. The van der Waals surface area contributed by atoms with Crippen LogP contribution in [0.1, 0.15) is 26.7 Å². The van der Waals surface area contributed by atoms with Gasteiger partial charge in [-0.2, -0.15) is 0 Å². The summed E-state index contributed by atoms with van der Waals surface area (Å²) in [6.45, 7) is 2.87. The van der Waals surface area contributed by atoms with Crippen LogP contribution in [0.15, 0.2) is 0 Å². The van der Waals surface area contributed by atoms with Crippen LogP contribution in [0.3, 0.4) is 0 Å². The van der Waals surface area contributed by atoms with Gasteiger partial charge in [-0.3, -0.25) is 9.59 Å². The number of carbonyl (C=O) groups excluding carboxylic acids is 2. The van der Waals surface area contributed by atoms with Crippen molar-refractivity contribution >= 4 is 11.9 Å². The maximum absolute atomic E-state index is 11.6. The van der Waals surface area contributed by atoms with Gasteiger partial charge in [-0.25, -0.2) is 0 Å². The number of quaternary nitrogens is 2. The number of likely N-dealkylation sites (N-methyl/N-ethyl adjacent to an activating group) is 2. The van der Waals surface area contributed by atoms with Gasteiger partial charge in [-0.1, -0.05) is 0 Å². The third-order valence-electron chi connectivity index (χ3n) is 4.35. The fraction of sp³-hybridized carbons (Fsp3) is 0.875. The fourth-order valence-corrected chi connectivity index (χ4v) is 3.56. The maximum Gasteiger partial charge on any atom is 0.303 e. The first-order chi connectivity index (χ1) is 9.84. The zero-order valence-electron chi connectivity index (χ0n) is 15.3. The Balaban J connectivity index is 3.22. The van der Waals surface area contributed by atoms with Gasteiger partial charge >= 0.3 is 11.9 Å². The number of ether oxygens (including phenoxy) is 2. The maximum atomic E-state index is 11.6. The molecule has 0 radical (unpaired) electrons. The summed E-state index contributed by atoms with van der Waals surface area (Å²) in [5, 5.41) is 0. The Kier molecular flexibility index (Phi) is 5.62. The van der Waals surface area contributed by atoms with Crippen LogP contribution in [0, 0.1) is 0 Å². The van der Waals surface area contributed by atoms with Crippen molar-refractivity contribution in [2.45, 2.75) is 51.0 Å². The van der Waals surface area contributed by atoms with Crippen LogP contribution in [0.4, 0.5) is 0 Å². The van der Waals surface area contributed by atoms with Crippen molar-refractivity contribution in [2.24, 2.45) is 0 Å². The zero-order valence-corrected chi connectivity index (χ0v) is 15.3. The summed E-state index contributed by atoms with van der Waals surface area (Å²) < 4.78 is 12.6. The average molecular weight is 316 g/mol. The van der Waals surface area contributed by atoms with E-state index in [0.717, 1.165) is 12.8 Å². The number of esters is 2. The normalized spacial score (nSPS) is 29.8. The number of hydrogen-bond donors (Lipinski definition) is 0.